The first-order valence-electron chi connectivity index (χ1n) is 13.5. The van der Waals surface area contributed by atoms with E-state index in [0.29, 0.717) is 30.9 Å². The number of ether oxygens (including phenoxy) is 1. The van der Waals surface area contributed by atoms with E-state index in [9.17, 15) is 5.11 Å². The Morgan fingerprint density at radius 1 is 1.10 bits per heavy atom. The fourth-order valence-electron chi connectivity index (χ4n) is 5.79. The molecule has 4 aromatic rings. The molecule has 2 aliphatic heterocycles. The fourth-order valence-corrected chi connectivity index (χ4v) is 5.79. The van der Waals surface area contributed by atoms with E-state index in [-0.39, 0.29) is 54.8 Å². The highest BCUT2D eigenvalue weighted by Gasteiger charge is 2.36. The molecule has 0 aliphatic carbocycles. The van der Waals surface area contributed by atoms with E-state index in [1.807, 2.05) is 13.0 Å². The van der Waals surface area contributed by atoms with Crippen LogP contribution in [0.15, 0.2) is 48.9 Å². The SMILES string of the molecule is C[C@H]1CN(c2ccncc2Cc2ncc3ccc(-c4c(F)cc(C5(F)CCOCC5)cc4F)nn23)C[C@@H](N)[C@@H]1O. The molecule has 3 N–H and O–H groups in total. The first kappa shape index (κ1) is 26.7. The number of halogens is 3. The number of pyridine rings is 1. The Kier molecular flexibility index (Phi) is 6.97. The lowest BCUT2D eigenvalue weighted by Crippen LogP contribution is -2.55. The van der Waals surface area contributed by atoms with E-state index in [0.717, 1.165) is 23.4 Å². The molecule has 2 saturated heterocycles. The van der Waals surface area contributed by atoms with Gasteiger partial charge in [0.2, 0.25) is 0 Å². The number of nitrogens with two attached hydrogens (primary N) is 1. The second-order valence-corrected chi connectivity index (χ2v) is 10.8. The zero-order valence-electron chi connectivity index (χ0n) is 22.1. The van der Waals surface area contributed by atoms with Crippen molar-refractivity contribution in [2.45, 2.75) is 44.0 Å². The van der Waals surface area contributed by atoms with Gasteiger partial charge in [0.15, 0.2) is 0 Å². The van der Waals surface area contributed by atoms with Crippen molar-refractivity contribution in [3.63, 3.8) is 0 Å². The lowest BCUT2D eigenvalue weighted by atomic mass is 9.87. The smallest absolute Gasteiger partial charge is 0.140 e. The Balaban J connectivity index is 1.33. The summed E-state index contributed by atoms with van der Waals surface area (Å²) >= 11 is 0. The average molecular weight is 553 g/mol. The monoisotopic (exact) mass is 552 g/mol. The summed E-state index contributed by atoms with van der Waals surface area (Å²) in [6.07, 6.45) is 4.99. The van der Waals surface area contributed by atoms with Crippen molar-refractivity contribution in [1.82, 2.24) is 19.6 Å². The molecule has 210 valence electrons. The van der Waals surface area contributed by atoms with Crippen LogP contribution in [0.1, 0.15) is 36.7 Å². The van der Waals surface area contributed by atoms with Gasteiger partial charge in [0, 0.05) is 81.2 Å². The van der Waals surface area contributed by atoms with Crippen LogP contribution < -0.4 is 10.6 Å². The first-order chi connectivity index (χ1) is 19.2. The molecule has 3 atom stereocenters. The van der Waals surface area contributed by atoms with Gasteiger partial charge in [0.05, 0.1) is 29.1 Å². The predicted octanol–water partition coefficient (Wildman–Crippen LogP) is 3.78. The number of piperidine rings is 1. The second-order valence-electron chi connectivity index (χ2n) is 10.8. The summed E-state index contributed by atoms with van der Waals surface area (Å²) in [6.45, 7) is 3.50. The molecule has 6 rings (SSSR count). The highest BCUT2D eigenvalue weighted by atomic mass is 19.1. The van der Waals surface area contributed by atoms with E-state index in [1.165, 1.54) is 6.07 Å². The number of hydrogen-bond acceptors (Lipinski definition) is 7. The molecule has 0 saturated carbocycles. The maximum atomic E-state index is 15.4. The van der Waals surface area contributed by atoms with Crippen LogP contribution in [0.2, 0.25) is 0 Å². The lowest BCUT2D eigenvalue weighted by Gasteiger charge is -2.40. The summed E-state index contributed by atoms with van der Waals surface area (Å²) in [5.74, 6) is -1.20. The molecule has 2 fully saturated rings. The van der Waals surface area contributed by atoms with Crippen molar-refractivity contribution < 1.29 is 23.0 Å². The maximum absolute atomic E-state index is 15.4. The normalized spacial score (nSPS) is 23.1. The Labute approximate surface area is 229 Å². The molecule has 11 heteroatoms. The van der Waals surface area contributed by atoms with Crippen LogP contribution >= 0.6 is 0 Å². The third kappa shape index (κ3) is 4.82. The van der Waals surface area contributed by atoms with Gasteiger partial charge in [-0.25, -0.2) is 22.7 Å². The van der Waals surface area contributed by atoms with Gasteiger partial charge in [-0.15, -0.1) is 0 Å². The van der Waals surface area contributed by atoms with Crippen LogP contribution in [-0.2, 0) is 16.8 Å². The van der Waals surface area contributed by atoms with Gasteiger partial charge in [0.25, 0.3) is 0 Å². The average Bonchev–Trinajstić information content (AvgIpc) is 3.33. The zero-order chi connectivity index (χ0) is 28.0. The fraction of sp³-hybridized carbons (Fsp3) is 0.414. The van der Waals surface area contributed by atoms with Crippen LogP contribution in [0.4, 0.5) is 18.9 Å². The van der Waals surface area contributed by atoms with Crippen LogP contribution in [-0.4, -0.2) is 63.1 Å². The number of imidazole rings is 1. The number of benzene rings is 1. The Morgan fingerprint density at radius 2 is 1.85 bits per heavy atom. The summed E-state index contributed by atoms with van der Waals surface area (Å²) < 4.78 is 52.8. The zero-order valence-corrected chi connectivity index (χ0v) is 22.1. The van der Waals surface area contributed by atoms with Gasteiger partial charge >= 0.3 is 0 Å². The lowest BCUT2D eigenvalue weighted by molar-refractivity contribution is -0.0117. The van der Waals surface area contributed by atoms with Crippen LogP contribution in [0.3, 0.4) is 0 Å². The van der Waals surface area contributed by atoms with Gasteiger partial charge in [-0.3, -0.25) is 4.98 Å². The van der Waals surface area contributed by atoms with Crippen LogP contribution in [0, 0.1) is 17.6 Å². The minimum absolute atomic E-state index is 0.00357. The molecule has 0 unspecified atom stereocenters. The molecule has 0 spiro atoms. The van der Waals surface area contributed by atoms with E-state index >= 15 is 13.2 Å². The summed E-state index contributed by atoms with van der Waals surface area (Å²) in [5, 5.41) is 14.8. The number of hydrogen-bond donors (Lipinski definition) is 2. The highest BCUT2D eigenvalue weighted by Crippen LogP contribution is 2.39. The standard InChI is InChI=1S/C29H31F3N6O2/c1-17-15-37(16-23(33)28(17)39)25-4-7-34-13-18(25)10-26-35-14-20-2-3-24(36-38(20)26)27-21(30)11-19(12-22(27)31)29(32)5-8-40-9-6-29/h2-4,7,11-14,17,23,28,39H,5-6,8-10,15-16,33H2,1H3/t17-,23+,28+/m0/s1. The molecule has 2 aliphatic rings. The quantitative estimate of drug-likeness (QED) is 0.389. The van der Waals surface area contributed by atoms with Crippen molar-refractivity contribution in [3.8, 4) is 11.3 Å². The van der Waals surface area contributed by atoms with Gasteiger partial charge in [-0.1, -0.05) is 6.92 Å². The van der Waals surface area contributed by atoms with Crippen molar-refractivity contribution in [3.05, 3.63) is 77.5 Å². The number of aliphatic hydroxyl groups excluding tert-OH is 1. The number of anilines is 1. The number of nitrogens with zero attached hydrogens (tertiary/aromatic N) is 5. The summed E-state index contributed by atoms with van der Waals surface area (Å²) in [4.78, 5) is 11.0. The van der Waals surface area contributed by atoms with Crippen LogP contribution in [0.25, 0.3) is 16.8 Å². The molecule has 0 radical (unpaired) electrons. The molecular weight excluding hydrogens is 521 g/mol. The molecule has 5 heterocycles. The molecule has 0 amide bonds. The van der Waals surface area contributed by atoms with Crippen molar-refractivity contribution in [2.75, 3.05) is 31.2 Å². The molecule has 3 aromatic heterocycles. The third-order valence-electron chi connectivity index (χ3n) is 8.08. The van der Waals surface area contributed by atoms with Crippen molar-refractivity contribution in [1.29, 1.82) is 0 Å². The number of aliphatic hydroxyl groups is 1. The van der Waals surface area contributed by atoms with Gasteiger partial charge in [-0.2, -0.15) is 5.10 Å². The minimum Gasteiger partial charge on any atom is -0.391 e. The Morgan fingerprint density at radius 3 is 2.58 bits per heavy atom. The largest absolute Gasteiger partial charge is 0.391 e. The number of rotatable bonds is 5. The molecule has 0 bridgehead atoms. The first-order valence-corrected chi connectivity index (χ1v) is 13.5. The topological polar surface area (TPSA) is 102 Å². The van der Waals surface area contributed by atoms with E-state index in [1.54, 1.807) is 29.2 Å². The van der Waals surface area contributed by atoms with E-state index in [4.69, 9.17) is 10.5 Å². The van der Waals surface area contributed by atoms with Crippen molar-refractivity contribution >= 4 is 11.2 Å². The number of alkyl halides is 1. The van der Waals surface area contributed by atoms with E-state index < -0.39 is 23.4 Å². The Hall–Kier alpha value is -3.54. The molecule has 8 nitrogen and oxygen atoms in total. The van der Waals surface area contributed by atoms with Gasteiger partial charge in [-0.05, 0) is 35.9 Å². The summed E-state index contributed by atoms with van der Waals surface area (Å²) in [5.41, 5.74) is 6.55. The number of fused-ring (bicyclic) bond motifs is 1. The Bertz CT molecular complexity index is 1500. The summed E-state index contributed by atoms with van der Waals surface area (Å²) in [6, 6.07) is 6.87. The number of aromatic nitrogens is 4. The third-order valence-corrected chi connectivity index (χ3v) is 8.08. The van der Waals surface area contributed by atoms with Crippen LogP contribution in [0.5, 0.6) is 0 Å². The highest BCUT2D eigenvalue weighted by molar-refractivity contribution is 5.64. The van der Waals surface area contributed by atoms with Crippen molar-refractivity contribution in [2.24, 2.45) is 11.7 Å². The van der Waals surface area contributed by atoms with E-state index in [2.05, 4.69) is 20.0 Å². The minimum atomic E-state index is -1.83. The maximum Gasteiger partial charge on any atom is 0.140 e. The molecular formula is C29H31F3N6O2. The molecule has 1 aromatic carbocycles. The second kappa shape index (κ2) is 10.5. The predicted molar refractivity (Wildman–Crippen MR) is 144 cm³/mol. The summed E-state index contributed by atoms with van der Waals surface area (Å²) in [7, 11) is 0. The van der Waals surface area contributed by atoms with Gasteiger partial charge < -0.3 is 20.5 Å². The molecule has 40 heavy (non-hydrogen) atoms. The van der Waals surface area contributed by atoms with Gasteiger partial charge in [0.1, 0.15) is 23.1 Å².